The molecule has 2 aromatic carbocycles. The van der Waals surface area contributed by atoms with E-state index in [2.05, 4.69) is 5.32 Å². The van der Waals surface area contributed by atoms with Crippen molar-refractivity contribution in [3.63, 3.8) is 0 Å². The number of ether oxygens (including phenoxy) is 1. The molecule has 0 spiro atoms. The molecule has 134 valence electrons. The first-order valence-electron chi connectivity index (χ1n) is 8.38. The highest BCUT2D eigenvalue weighted by molar-refractivity contribution is 8.02. The fourth-order valence-electron chi connectivity index (χ4n) is 3.30. The number of thioether (sulfide) groups is 1. The first-order valence-corrected chi connectivity index (χ1v) is 9.57. The summed E-state index contributed by atoms with van der Waals surface area (Å²) in [5.74, 6) is 0.543. The summed E-state index contributed by atoms with van der Waals surface area (Å²) in [6.45, 7) is 0.706. The fraction of sp³-hybridized carbons (Fsp3) is 0.263. The smallest absolute Gasteiger partial charge is 0.257 e. The van der Waals surface area contributed by atoms with Crippen LogP contribution >= 0.6 is 23.4 Å². The van der Waals surface area contributed by atoms with Gasteiger partial charge in [-0.2, -0.15) is 0 Å². The average molecular weight is 389 g/mol. The summed E-state index contributed by atoms with van der Waals surface area (Å²) in [5.41, 5.74) is 0.826. The minimum absolute atomic E-state index is 0.00462. The van der Waals surface area contributed by atoms with E-state index in [-0.39, 0.29) is 11.8 Å². The van der Waals surface area contributed by atoms with Gasteiger partial charge in [0.1, 0.15) is 12.4 Å². The van der Waals surface area contributed by atoms with Gasteiger partial charge in [-0.3, -0.25) is 14.5 Å². The Kier molecular flexibility index (Phi) is 4.54. The molecule has 0 aromatic heterocycles. The summed E-state index contributed by atoms with van der Waals surface area (Å²) in [7, 11) is 0. The molecule has 2 aliphatic heterocycles. The molecule has 26 heavy (non-hydrogen) atoms. The lowest BCUT2D eigenvalue weighted by molar-refractivity contribution is -0.124. The van der Waals surface area contributed by atoms with Gasteiger partial charge in [0.05, 0.1) is 12.2 Å². The average Bonchev–Trinajstić information content (AvgIpc) is 3.16. The van der Waals surface area contributed by atoms with Crippen molar-refractivity contribution in [2.75, 3.05) is 18.1 Å². The predicted molar refractivity (Wildman–Crippen MR) is 102 cm³/mol. The maximum Gasteiger partial charge on any atom is 0.257 e. The van der Waals surface area contributed by atoms with Crippen molar-refractivity contribution in [1.82, 2.24) is 5.32 Å². The third-order valence-corrected chi connectivity index (χ3v) is 6.22. The van der Waals surface area contributed by atoms with Crippen LogP contribution in [-0.4, -0.2) is 29.8 Å². The highest BCUT2D eigenvalue weighted by atomic mass is 35.5. The number of carbonyl (C=O) groups is 2. The van der Waals surface area contributed by atoms with Gasteiger partial charge in [-0.05, 0) is 42.8 Å². The molecule has 2 heterocycles. The third kappa shape index (κ3) is 2.93. The second kappa shape index (κ2) is 6.85. The Bertz CT molecular complexity index is 858. The number of hydrogen-bond acceptors (Lipinski definition) is 4. The summed E-state index contributed by atoms with van der Waals surface area (Å²) in [4.78, 5) is 27.0. The zero-order chi connectivity index (χ0) is 18.1. The lowest BCUT2D eigenvalue weighted by Gasteiger charge is -2.29. The van der Waals surface area contributed by atoms with E-state index >= 15 is 0 Å². The SMILES string of the molecule is O=C1CCC2(C(=O)NCCOc3ccc(Cl)cc3)Sc3ccccc3N12. The first kappa shape index (κ1) is 17.2. The Morgan fingerprint density at radius 2 is 2.00 bits per heavy atom. The molecule has 1 fully saturated rings. The van der Waals surface area contributed by atoms with Crippen LogP contribution in [0.3, 0.4) is 0 Å². The van der Waals surface area contributed by atoms with Crippen LogP contribution in [0.15, 0.2) is 53.4 Å². The van der Waals surface area contributed by atoms with Crippen LogP contribution in [0.25, 0.3) is 0 Å². The highest BCUT2D eigenvalue weighted by Gasteiger charge is 2.57. The van der Waals surface area contributed by atoms with E-state index in [0.717, 1.165) is 10.6 Å². The van der Waals surface area contributed by atoms with Gasteiger partial charge < -0.3 is 10.1 Å². The molecule has 0 bridgehead atoms. The van der Waals surface area contributed by atoms with E-state index in [1.807, 2.05) is 24.3 Å². The highest BCUT2D eigenvalue weighted by Crippen LogP contribution is 2.55. The van der Waals surface area contributed by atoms with Crippen molar-refractivity contribution in [3.05, 3.63) is 53.6 Å². The first-order chi connectivity index (χ1) is 12.6. The Balaban J connectivity index is 1.40. The molecule has 2 amide bonds. The van der Waals surface area contributed by atoms with Crippen LogP contribution in [0.1, 0.15) is 12.8 Å². The molecule has 1 saturated heterocycles. The molecule has 1 atom stereocenters. The van der Waals surface area contributed by atoms with Gasteiger partial charge in [0.25, 0.3) is 5.91 Å². The maximum atomic E-state index is 12.9. The number of amides is 2. The van der Waals surface area contributed by atoms with E-state index in [4.69, 9.17) is 16.3 Å². The van der Waals surface area contributed by atoms with Gasteiger partial charge in [0.2, 0.25) is 5.91 Å². The monoisotopic (exact) mass is 388 g/mol. The van der Waals surface area contributed by atoms with E-state index < -0.39 is 4.87 Å². The molecule has 1 unspecified atom stereocenters. The van der Waals surface area contributed by atoms with Crippen molar-refractivity contribution in [1.29, 1.82) is 0 Å². The molecule has 4 rings (SSSR count). The van der Waals surface area contributed by atoms with E-state index in [1.54, 1.807) is 29.2 Å². The molecular formula is C19H17ClN2O3S. The van der Waals surface area contributed by atoms with Gasteiger partial charge in [-0.25, -0.2) is 0 Å². The Hall–Kier alpha value is -2.18. The van der Waals surface area contributed by atoms with Gasteiger partial charge in [0.15, 0.2) is 4.87 Å². The summed E-state index contributed by atoms with van der Waals surface area (Å²) in [6, 6.07) is 14.7. The van der Waals surface area contributed by atoms with Gasteiger partial charge >= 0.3 is 0 Å². The summed E-state index contributed by atoms with van der Waals surface area (Å²) in [5, 5.41) is 3.57. The van der Waals surface area contributed by atoms with Crippen molar-refractivity contribution in [2.24, 2.45) is 0 Å². The number of carbonyl (C=O) groups excluding carboxylic acids is 2. The minimum atomic E-state index is -0.874. The van der Waals surface area contributed by atoms with E-state index in [0.29, 0.717) is 36.8 Å². The Morgan fingerprint density at radius 3 is 2.81 bits per heavy atom. The van der Waals surface area contributed by atoms with E-state index in [9.17, 15) is 9.59 Å². The zero-order valence-electron chi connectivity index (χ0n) is 13.9. The molecule has 7 heteroatoms. The number of anilines is 1. The van der Waals surface area contributed by atoms with Crippen molar-refractivity contribution >= 4 is 40.9 Å². The maximum absolute atomic E-state index is 12.9. The number of nitrogens with one attached hydrogen (secondary N) is 1. The fourth-order valence-corrected chi connectivity index (χ4v) is 4.86. The number of fused-ring (bicyclic) bond motifs is 3. The van der Waals surface area contributed by atoms with Crippen LogP contribution in [0.5, 0.6) is 5.75 Å². The molecule has 2 aliphatic rings. The van der Waals surface area contributed by atoms with Gasteiger partial charge in [0, 0.05) is 16.3 Å². The topological polar surface area (TPSA) is 58.6 Å². The van der Waals surface area contributed by atoms with Crippen LogP contribution in [0, 0.1) is 0 Å². The van der Waals surface area contributed by atoms with Crippen LogP contribution in [0.4, 0.5) is 5.69 Å². The van der Waals surface area contributed by atoms with Crippen LogP contribution < -0.4 is 15.0 Å². The summed E-state index contributed by atoms with van der Waals surface area (Å²) in [6.07, 6.45) is 0.894. The number of benzene rings is 2. The van der Waals surface area contributed by atoms with E-state index in [1.165, 1.54) is 11.8 Å². The lowest BCUT2D eigenvalue weighted by Crippen LogP contribution is -2.53. The second-order valence-electron chi connectivity index (χ2n) is 6.14. The molecule has 0 aliphatic carbocycles. The normalized spacial score (nSPS) is 20.7. The summed E-state index contributed by atoms with van der Waals surface area (Å²) < 4.78 is 5.61. The van der Waals surface area contributed by atoms with Crippen LogP contribution in [0.2, 0.25) is 5.02 Å². The Morgan fingerprint density at radius 1 is 1.23 bits per heavy atom. The molecule has 1 N–H and O–H groups in total. The van der Waals surface area contributed by atoms with Crippen molar-refractivity contribution in [3.8, 4) is 5.75 Å². The van der Waals surface area contributed by atoms with Crippen LogP contribution in [-0.2, 0) is 9.59 Å². The largest absolute Gasteiger partial charge is 0.492 e. The molecule has 0 radical (unpaired) electrons. The van der Waals surface area contributed by atoms with Crippen molar-refractivity contribution in [2.45, 2.75) is 22.6 Å². The number of rotatable bonds is 5. The Labute approximate surface area is 160 Å². The van der Waals surface area contributed by atoms with Gasteiger partial charge in [-0.15, -0.1) is 0 Å². The van der Waals surface area contributed by atoms with Crippen molar-refractivity contribution < 1.29 is 14.3 Å². The standard InChI is InChI=1S/C19H17ClN2O3S/c20-13-5-7-14(8-6-13)25-12-11-21-18(24)19-10-9-17(23)22(19)15-3-1-2-4-16(15)26-19/h1-8H,9-12H2,(H,21,24). The zero-order valence-corrected chi connectivity index (χ0v) is 15.5. The second-order valence-corrected chi connectivity index (χ2v) is 7.90. The summed E-state index contributed by atoms with van der Waals surface area (Å²) >= 11 is 7.30. The third-order valence-electron chi connectivity index (χ3n) is 4.50. The predicted octanol–water partition coefficient (Wildman–Crippen LogP) is 3.46. The minimum Gasteiger partial charge on any atom is -0.492 e. The quantitative estimate of drug-likeness (QED) is 0.797. The lowest BCUT2D eigenvalue weighted by atomic mass is 10.2. The van der Waals surface area contributed by atoms with Gasteiger partial charge in [-0.1, -0.05) is 35.5 Å². The number of para-hydroxylation sites is 1. The number of nitrogens with zero attached hydrogens (tertiary/aromatic N) is 1. The molecule has 0 saturated carbocycles. The molecule has 2 aromatic rings. The number of halogens is 1. The molecule has 5 nitrogen and oxygen atoms in total. The molecular weight excluding hydrogens is 372 g/mol. The number of hydrogen-bond donors (Lipinski definition) is 1.